The molecule has 0 heterocycles. The molecule has 0 aliphatic carbocycles. The van der Waals surface area contributed by atoms with Gasteiger partial charge in [0, 0.05) is 24.2 Å². The highest BCUT2D eigenvalue weighted by Crippen LogP contribution is 2.27. The number of hydrogen-bond acceptors (Lipinski definition) is 2. The summed E-state index contributed by atoms with van der Waals surface area (Å²) in [5, 5.41) is 3.19. The summed E-state index contributed by atoms with van der Waals surface area (Å²) in [5.74, 6) is -0.204. The van der Waals surface area contributed by atoms with E-state index in [4.69, 9.17) is 4.74 Å². The van der Waals surface area contributed by atoms with Crippen LogP contribution in [-0.2, 0) is 4.74 Å². The molecule has 0 spiro atoms. The van der Waals surface area contributed by atoms with Crippen molar-refractivity contribution in [1.82, 2.24) is 5.32 Å². The lowest BCUT2D eigenvalue weighted by Crippen LogP contribution is -2.17. The fourth-order valence-electron chi connectivity index (χ4n) is 1.67. The van der Waals surface area contributed by atoms with Crippen LogP contribution in [0.25, 0.3) is 0 Å². The maximum Gasteiger partial charge on any atom is 0.123 e. The Kier molecular flexibility index (Phi) is 5.95. The predicted octanol–water partition coefficient (Wildman–Crippen LogP) is 3.28. The van der Waals surface area contributed by atoms with Crippen LogP contribution in [0.15, 0.2) is 22.7 Å². The monoisotopic (exact) mass is 289 g/mol. The Bertz CT molecular complexity index is 333. The van der Waals surface area contributed by atoms with Crippen LogP contribution in [0.1, 0.15) is 24.4 Å². The molecule has 0 radical (unpaired) electrons. The molecule has 1 rings (SSSR count). The van der Waals surface area contributed by atoms with E-state index in [1.165, 1.54) is 6.07 Å². The van der Waals surface area contributed by atoms with Crippen molar-refractivity contribution in [3.8, 4) is 0 Å². The third-order valence-electron chi connectivity index (χ3n) is 2.52. The standard InChI is InChI=1S/C12H17BrFNO/c1-15-12(4-3-7-16-2)10-8-9(14)5-6-11(10)13/h5-6,8,12,15H,3-4,7H2,1-2H3. The first-order valence-corrected chi connectivity index (χ1v) is 6.09. The van der Waals surface area contributed by atoms with Gasteiger partial charge >= 0.3 is 0 Å². The van der Waals surface area contributed by atoms with Crippen molar-refractivity contribution >= 4 is 15.9 Å². The summed E-state index contributed by atoms with van der Waals surface area (Å²) in [5.41, 5.74) is 0.957. The summed E-state index contributed by atoms with van der Waals surface area (Å²) in [6, 6.07) is 4.92. The zero-order chi connectivity index (χ0) is 12.0. The topological polar surface area (TPSA) is 21.3 Å². The van der Waals surface area contributed by atoms with E-state index in [0.717, 1.165) is 29.5 Å². The molecular weight excluding hydrogens is 273 g/mol. The zero-order valence-corrected chi connectivity index (χ0v) is 11.2. The lowest BCUT2D eigenvalue weighted by Gasteiger charge is -2.18. The normalized spacial score (nSPS) is 12.8. The first-order chi connectivity index (χ1) is 7.69. The maximum absolute atomic E-state index is 13.2. The summed E-state index contributed by atoms with van der Waals surface area (Å²) < 4.78 is 19.1. The molecule has 1 atom stereocenters. The maximum atomic E-state index is 13.2. The van der Waals surface area contributed by atoms with Crippen molar-refractivity contribution in [2.24, 2.45) is 0 Å². The van der Waals surface area contributed by atoms with E-state index < -0.39 is 0 Å². The van der Waals surface area contributed by atoms with Crippen LogP contribution in [0.3, 0.4) is 0 Å². The molecule has 0 fully saturated rings. The van der Waals surface area contributed by atoms with Crippen LogP contribution in [-0.4, -0.2) is 20.8 Å². The smallest absolute Gasteiger partial charge is 0.123 e. The number of nitrogens with one attached hydrogen (secondary N) is 1. The highest BCUT2D eigenvalue weighted by molar-refractivity contribution is 9.10. The first-order valence-electron chi connectivity index (χ1n) is 5.30. The SMILES string of the molecule is CNC(CCCOC)c1cc(F)ccc1Br. The third-order valence-corrected chi connectivity index (χ3v) is 3.25. The molecule has 4 heteroatoms. The van der Waals surface area contributed by atoms with Crippen LogP contribution in [0.2, 0.25) is 0 Å². The third kappa shape index (κ3) is 3.85. The molecule has 1 unspecified atom stereocenters. The van der Waals surface area contributed by atoms with Gasteiger partial charge in [-0.2, -0.15) is 0 Å². The Hall–Kier alpha value is -0.450. The van der Waals surface area contributed by atoms with Gasteiger partial charge in [-0.25, -0.2) is 4.39 Å². The van der Waals surface area contributed by atoms with Crippen LogP contribution in [0, 0.1) is 5.82 Å². The summed E-state index contributed by atoms with van der Waals surface area (Å²) in [7, 11) is 3.57. The van der Waals surface area contributed by atoms with E-state index in [2.05, 4.69) is 21.2 Å². The number of rotatable bonds is 6. The molecule has 1 N–H and O–H groups in total. The van der Waals surface area contributed by atoms with E-state index in [0.29, 0.717) is 0 Å². The lowest BCUT2D eigenvalue weighted by molar-refractivity contribution is 0.189. The molecule has 0 saturated heterocycles. The molecule has 1 aromatic rings. The molecule has 0 amide bonds. The molecule has 0 aromatic heterocycles. The number of methoxy groups -OCH3 is 1. The molecule has 90 valence electrons. The average Bonchev–Trinajstić information content (AvgIpc) is 2.28. The van der Waals surface area contributed by atoms with E-state index in [1.807, 2.05) is 7.05 Å². The minimum absolute atomic E-state index is 0.153. The van der Waals surface area contributed by atoms with Gasteiger partial charge in [0.1, 0.15) is 5.82 Å². The average molecular weight is 290 g/mol. The van der Waals surface area contributed by atoms with Gasteiger partial charge in [0.25, 0.3) is 0 Å². The van der Waals surface area contributed by atoms with Gasteiger partial charge in [-0.05, 0) is 43.7 Å². The zero-order valence-electron chi connectivity index (χ0n) is 9.59. The number of hydrogen-bond donors (Lipinski definition) is 1. The summed E-state index contributed by atoms with van der Waals surface area (Å²) in [6.07, 6.45) is 1.87. The van der Waals surface area contributed by atoms with Gasteiger partial charge in [-0.15, -0.1) is 0 Å². The van der Waals surface area contributed by atoms with Crippen molar-refractivity contribution in [3.63, 3.8) is 0 Å². The quantitative estimate of drug-likeness (QED) is 0.812. The van der Waals surface area contributed by atoms with Gasteiger partial charge in [0.2, 0.25) is 0 Å². The minimum atomic E-state index is -0.204. The van der Waals surface area contributed by atoms with Crippen LogP contribution in [0.5, 0.6) is 0 Å². The van der Waals surface area contributed by atoms with Gasteiger partial charge in [0.05, 0.1) is 0 Å². The van der Waals surface area contributed by atoms with E-state index in [9.17, 15) is 4.39 Å². The second kappa shape index (κ2) is 6.99. The van der Waals surface area contributed by atoms with Crippen LogP contribution >= 0.6 is 15.9 Å². The van der Waals surface area contributed by atoms with Crippen molar-refractivity contribution in [2.45, 2.75) is 18.9 Å². The summed E-state index contributed by atoms with van der Waals surface area (Å²) >= 11 is 3.44. The molecular formula is C12H17BrFNO. The van der Waals surface area contributed by atoms with Crippen LogP contribution in [0.4, 0.5) is 4.39 Å². The van der Waals surface area contributed by atoms with Crippen molar-refractivity contribution in [2.75, 3.05) is 20.8 Å². The first kappa shape index (κ1) is 13.6. The number of ether oxygens (including phenoxy) is 1. The van der Waals surface area contributed by atoms with Gasteiger partial charge < -0.3 is 10.1 Å². The van der Waals surface area contributed by atoms with Gasteiger partial charge in [-0.1, -0.05) is 15.9 Å². The Labute approximate surface area is 104 Å². The highest BCUT2D eigenvalue weighted by atomic mass is 79.9. The minimum Gasteiger partial charge on any atom is -0.385 e. The summed E-state index contributed by atoms with van der Waals surface area (Å²) in [4.78, 5) is 0. The number of halogens is 2. The largest absolute Gasteiger partial charge is 0.385 e. The van der Waals surface area contributed by atoms with Crippen molar-refractivity contribution in [3.05, 3.63) is 34.1 Å². The van der Waals surface area contributed by atoms with E-state index in [1.54, 1.807) is 19.2 Å². The molecule has 16 heavy (non-hydrogen) atoms. The molecule has 0 aliphatic heterocycles. The van der Waals surface area contributed by atoms with Crippen molar-refractivity contribution in [1.29, 1.82) is 0 Å². The van der Waals surface area contributed by atoms with Crippen LogP contribution < -0.4 is 5.32 Å². The molecule has 0 aliphatic rings. The van der Waals surface area contributed by atoms with Gasteiger partial charge in [0.15, 0.2) is 0 Å². The Balaban J connectivity index is 2.73. The molecule has 0 bridgehead atoms. The lowest BCUT2D eigenvalue weighted by atomic mass is 10.0. The predicted molar refractivity (Wildman–Crippen MR) is 67.0 cm³/mol. The Morgan fingerprint density at radius 3 is 2.88 bits per heavy atom. The second-order valence-electron chi connectivity index (χ2n) is 3.64. The fraction of sp³-hybridized carbons (Fsp3) is 0.500. The Morgan fingerprint density at radius 2 is 2.25 bits per heavy atom. The fourth-order valence-corrected chi connectivity index (χ4v) is 2.19. The molecule has 1 aromatic carbocycles. The summed E-state index contributed by atoms with van der Waals surface area (Å²) in [6.45, 7) is 0.727. The number of benzene rings is 1. The van der Waals surface area contributed by atoms with Crippen molar-refractivity contribution < 1.29 is 9.13 Å². The Morgan fingerprint density at radius 1 is 1.50 bits per heavy atom. The second-order valence-corrected chi connectivity index (χ2v) is 4.50. The van der Waals surface area contributed by atoms with E-state index >= 15 is 0 Å². The van der Waals surface area contributed by atoms with Gasteiger partial charge in [-0.3, -0.25) is 0 Å². The highest BCUT2D eigenvalue weighted by Gasteiger charge is 2.13. The molecule has 2 nitrogen and oxygen atoms in total. The van der Waals surface area contributed by atoms with E-state index in [-0.39, 0.29) is 11.9 Å². The molecule has 0 saturated carbocycles.